The Kier molecular flexibility index (Phi) is 2.92. The van der Waals surface area contributed by atoms with Crippen LogP contribution in [0, 0.1) is 13.8 Å². The van der Waals surface area contributed by atoms with Gasteiger partial charge in [0.1, 0.15) is 12.4 Å². The summed E-state index contributed by atoms with van der Waals surface area (Å²) in [5.41, 5.74) is 2.39. The highest BCUT2D eigenvalue weighted by Crippen LogP contribution is 2.18. The molecule has 1 rings (SSSR count). The molecule has 1 aromatic rings. The molecule has 0 atom stereocenters. The topological polar surface area (TPSA) is 9.23 Å². The van der Waals surface area contributed by atoms with Gasteiger partial charge in [0.05, 0.1) is 0 Å². The first-order valence-electron chi connectivity index (χ1n) is 4.05. The fourth-order valence-electron chi connectivity index (χ4n) is 1.01. The molecule has 0 radical (unpaired) electrons. The molecule has 1 heteroatoms. The van der Waals surface area contributed by atoms with Crippen molar-refractivity contribution < 1.29 is 4.74 Å². The lowest BCUT2D eigenvalue weighted by atomic mass is 10.1. The van der Waals surface area contributed by atoms with E-state index in [1.807, 2.05) is 13.0 Å². The van der Waals surface area contributed by atoms with Crippen LogP contribution in [0.2, 0.25) is 0 Å². The van der Waals surface area contributed by atoms with E-state index in [0.717, 1.165) is 5.75 Å². The first kappa shape index (κ1) is 8.85. The van der Waals surface area contributed by atoms with Crippen LogP contribution >= 0.6 is 0 Å². The second-order valence-electron chi connectivity index (χ2n) is 2.87. The van der Waals surface area contributed by atoms with Crippen LogP contribution in [-0.2, 0) is 0 Å². The van der Waals surface area contributed by atoms with Crippen LogP contribution in [0.25, 0.3) is 0 Å². The van der Waals surface area contributed by atoms with Crippen LogP contribution in [-0.4, -0.2) is 6.61 Å². The molecule has 0 saturated heterocycles. The molecule has 0 aliphatic heterocycles. The monoisotopic (exact) mass is 162 g/mol. The van der Waals surface area contributed by atoms with Crippen LogP contribution in [0.4, 0.5) is 0 Å². The van der Waals surface area contributed by atoms with E-state index in [1.54, 1.807) is 6.08 Å². The zero-order valence-corrected chi connectivity index (χ0v) is 7.63. The maximum atomic E-state index is 5.45. The van der Waals surface area contributed by atoms with E-state index in [1.165, 1.54) is 11.1 Å². The average molecular weight is 162 g/mol. The van der Waals surface area contributed by atoms with Crippen molar-refractivity contribution in [2.75, 3.05) is 6.61 Å². The Morgan fingerprint density at radius 1 is 1.42 bits per heavy atom. The summed E-state index contributed by atoms with van der Waals surface area (Å²) in [7, 11) is 0. The molecule has 0 heterocycles. The van der Waals surface area contributed by atoms with E-state index in [9.17, 15) is 0 Å². The zero-order valence-electron chi connectivity index (χ0n) is 7.63. The summed E-state index contributed by atoms with van der Waals surface area (Å²) in [6.07, 6.45) is 1.75. The highest BCUT2D eigenvalue weighted by Gasteiger charge is 1.97. The van der Waals surface area contributed by atoms with Crippen LogP contribution in [0.1, 0.15) is 11.1 Å². The molecule has 0 aromatic heterocycles. The molecule has 0 fully saturated rings. The van der Waals surface area contributed by atoms with Gasteiger partial charge in [-0.1, -0.05) is 24.8 Å². The van der Waals surface area contributed by atoms with Crippen molar-refractivity contribution in [3.8, 4) is 5.75 Å². The first-order valence-corrected chi connectivity index (χ1v) is 4.05. The third kappa shape index (κ3) is 2.12. The molecule has 0 saturated carbocycles. The molecule has 0 amide bonds. The fraction of sp³-hybridized carbons (Fsp3) is 0.273. The lowest BCUT2D eigenvalue weighted by Gasteiger charge is -2.07. The van der Waals surface area contributed by atoms with E-state index >= 15 is 0 Å². The third-order valence-electron chi connectivity index (χ3n) is 1.70. The van der Waals surface area contributed by atoms with Crippen LogP contribution in [0.15, 0.2) is 30.9 Å². The average Bonchev–Trinajstić information content (AvgIpc) is 2.07. The highest BCUT2D eigenvalue weighted by atomic mass is 16.5. The van der Waals surface area contributed by atoms with Gasteiger partial charge in [0, 0.05) is 0 Å². The summed E-state index contributed by atoms with van der Waals surface area (Å²) in [4.78, 5) is 0. The van der Waals surface area contributed by atoms with Crippen molar-refractivity contribution in [2.24, 2.45) is 0 Å². The molecular weight excluding hydrogens is 148 g/mol. The van der Waals surface area contributed by atoms with Gasteiger partial charge in [0.25, 0.3) is 0 Å². The SMILES string of the molecule is C=CCOc1cc(C)ccc1C. The van der Waals surface area contributed by atoms with Crippen molar-refractivity contribution in [3.05, 3.63) is 42.0 Å². The number of hydrogen-bond donors (Lipinski definition) is 0. The molecule has 0 bridgehead atoms. The predicted molar refractivity (Wildman–Crippen MR) is 51.6 cm³/mol. The van der Waals surface area contributed by atoms with Gasteiger partial charge in [-0.05, 0) is 31.0 Å². The van der Waals surface area contributed by atoms with Crippen LogP contribution < -0.4 is 4.74 Å². The second-order valence-corrected chi connectivity index (χ2v) is 2.87. The predicted octanol–water partition coefficient (Wildman–Crippen LogP) is 2.87. The summed E-state index contributed by atoms with van der Waals surface area (Å²) in [6.45, 7) is 8.27. The number of aryl methyl sites for hydroxylation is 2. The Morgan fingerprint density at radius 2 is 2.17 bits per heavy atom. The molecule has 0 spiro atoms. The summed E-state index contributed by atoms with van der Waals surface area (Å²) >= 11 is 0. The number of rotatable bonds is 3. The standard InChI is InChI=1S/C11H14O/c1-4-7-12-11-8-9(2)5-6-10(11)3/h4-6,8H,1,7H2,2-3H3. The first-order chi connectivity index (χ1) is 5.74. The van der Waals surface area contributed by atoms with Crippen molar-refractivity contribution in [1.82, 2.24) is 0 Å². The normalized spacial score (nSPS) is 9.50. The van der Waals surface area contributed by atoms with E-state index in [2.05, 4.69) is 25.6 Å². The van der Waals surface area contributed by atoms with Gasteiger partial charge in [-0.2, -0.15) is 0 Å². The number of hydrogen-bond acceptors (Lipinski definition) is 1. The molecule has 0 unspecified atom stereocenters. The number of ether oxygens (including phenoxy) is 1. The van der Waals surface area contributed by atoms with Gasteiger partial charge in [-0.15, -0.1) is 0 Å². The van der Waals surface area contributed by atoms with Crippen molar-refractivity contribution in [2.45, 2.75) is 13.8 Å². The lowest BCUT2D eigenvalue weighted by molar-refractivity contribution is 0.360. The Morgan fingerprint density at radius 3 is 2.83 bits per heavy atom. The van der Waals surface area contributed by atoms with E-state index in [4.69, 9.17) is 4.74 Å². The minimum Gasteiger partial charge on any atom is -0.489 e. The lowest BCUT2D eigenvalue weighted by Crippen LogP contribution is -1.95. The summed E-state index contributed by atoms with van der Waals surface area (Å²) in [5, 5.41) is 0. The van der Waals surface area contributed by atoms with Crippen LogP contribution in [0.5, 0.6) is 5.75 Å². The van der Waals surface area contributed by atoms with Gasteiger partial charge in [0.2, 0.25) is 0 Å². The quantitative estimate of drug-likeness (QED) is 0.621. The maximum absolute atomic E-state index is 5.45. The third-order valence-corrected chi connectivity index (χ3v) is 1.70. The molecule has 0 aliphatic rings. The Bertz CT molecular complexity index is 276. The summed E-state index contributed by atoms with van der Waals surface area (Å²) in [5.74, 6) is 0.954. The van der Waals surface area contributed by atoms with E-state index in [0.29, 0.717) is 6.61 Å². The van der Waals surface area contributed by atoms with Gasteiger partial charge in [0.15, 0.2) is 0 Å². The van der Waals surface area contributed by atoms with E-state index < -0.39 is 0 Å². The van der Waals surface area contributed by atoms with Gasteiger partial charge in [-0.3, -0.25) is 0 Å². The highest BCUT2D eigenvalue weighted by molar-refractivity contribution is 5.36. The minimum atomic E-state index is 0.574. The molecule has 64 valence electrons. The van der Waals surface area contributed by atoms with Crippen molar-refractivity contribution >= 4 is 0 Å². The largest absolute Gasteiger partial charge is 0.489 e. The molecule has 1 nitrogen and oxygen atoms in total. The zero-order chi connectivity index (χ0) is 8.97. The second kappa shape index (κ2) is 3.96. The Balaban J connectivity index is 2.82. The maximum Gasteiger partial charge on any atom is 0.122 e. The fourth-order valence-corrected chi connectivity index (χ4v) is 1.01. The summed E-state index contributed by atoms with van der Waals surface area (Å²) in [6, 6.07) is 6.18. The molecule has 1 aromatic carbocycles. The van der Waals surface area contributed by atoms with Gasteiger partial charge < -0.3 is 4.74 Å². The Hall–Kier alpha value is -1.24. The molecular formula is C11H14O. The minimum absolute atomic E-state index is 0.574. The molecule has 0 aliphatic carbocycles. The molecule has 12 heavy (non-hydrogen) atoms. The van der Waals surface area contributed by atoms with Crippen LogP contribution in [0.3, 0.4) is 0 Å². The van der Waals surface area contributed by atoms with E-state index in [-0.39, 0.29) is 0 Å². The van der Waals surface area contributed by atoms with Gasteiger partial charge >= 0.3 is 0 Å². The smallest absolute Gasteiger partial charge is 0.122 e. The van der Waals surface area contributed by atoms with Crippen molar-refractivity contribution in [1.29, 1.82) is 0 Å². The Labute approximate surface area is 73.7 Å². The van der Waals surface area contributed by atoms with Gasteiger partial charge in [-0.25, -0.2) is 0 Å². The number of benzene rings is 1. The summed E-state index contributed by atoms with van der Waals surface area (Å²) < 4.78 is 5.45. The van der Waals surface area contributed by atoms with Crippen molar-refractivity contribution in [3.63, 3.8) is 0 Å². The molecule has 0 N–H and O–H groups in total.